The molecule has 1 aliphatic rings. The summed E-state index contributed by atoms with van der Waals surface area (Å²) in [7, 11) is 0. The number of nitrogens with zero attached hydrogens (tertiary/aromatic N) is 3. The summed E-state index contributed by atoms with van der Waals surface area (Å²) >= 11 is 0. The SMILES string of the molecule is N#C/C(=N\Nc1cccc(C(=O)N2CCCCC2)c1)C(=N)N. The maximum absolute atomic E-state index is 12.4. The molecule has 0 aliphatic carbocycles. The highest BCUT2D eigenvalue weighted by atomic mass is 16.2. The Labute approximate surface area is 128 Å². The Morgan fingerprint density at radius 1 is 1.36 bits per heavy atom. The van der Waals surface area contributed by atoms with Crippen molar-refractivity contribution < 1.29 is 4.79 Å². The third kappa shape index (κ3) is 3.82. The lowest BCUT2D eigenvalue weighted by Crippen LogP contribution is -2.35. The van der Waals surface area contributed by atoms with Crippen LogP contribution in [-0.4, -0.2) is 35.4 Å². The van der Waals surface area contributed by atoms with Crippen molar-refractivity contribution in [2.24, 2.45) is 10.8 Å². The van der Waals surface area contributed by atoms with Gasteiger partial charge in [-0.05, 0) is 37.5 Å². The third-order valence-electron chi connectivity index (χ3n) is 3.41. The van der Waals surface area contributed by atoms with Crippen LogP contribution in [0.4, 0.5) is 5.69 Å². The van der Waals surface area contributed by atoms with Crippen molar-refractivity contribution in [1.29, 1.82) is 10.7 Å². The van der Waals surface area contributed by atoms with E-state index in [2.05, 4.69) is 10.5 Å². The number of likely N-dealkylation sites (tertiary alicyclic amines) is 1. The van der Waals surface area contributed by atoms with Gasteiger partial charge in [0.05, 0.1) is 5.69 Å². The summed E-state index contributed by atoms with van der Waals surface area (Å²) in [5, 5.41) is 19.7. The van der Waals surface area contributed by atoms with Crippen LogP contribution in [0.15, 0.2) is 29.4 Å². The van der Waals surface area contributed by atoms with Crippen LogP contribution in [0.2, 0.25) is 0 Å². The van der Waals surface area contributed by atoms with Crippen LogP contribution in [0.1, 0.15) is 29.6 Å². The average Bonchev–Trinajstić information content (AvgIpc) is 2.55. The zero-order valence-electron chi connectivity index (χ0n) is 12.2. The lowest BCUT2D eigenvalue weighted by Gasteiger charge is -2.26. The first-order chi connectivity index (χ1) is 10.6. The topological polar surface area (TPSA) is 118 Å². The van der Waals surface area contributed by atoms with Crippen LogP contribution in [0.25, 0.3) is 0 Å². The van der Waals surface area contributed by atoms with E-state index in [1.807, 2.05) is 4.90 Å². The number of carbonyl (C=O) groups is 1. The van der Waals surface area contributed by atoms with Crippen LogP contribution in [0.3, 0.4) is 0 Å². The molecule has 1 saturated heterocycles. The molecule has 1 aliphatic heterocycles. The molecular weight excluding hydrogens is 280 g/mol. The number of rotatable bonds is 4. The maximum atomic E-state index is 12.4. The van der Waals surface area contributed by atoms with Crippen LogP contribution in [0.5, 0.6) is 0 Å². The molecule has 22 heavy (non-hydrogen) atoms. The largest absolute Gasteiger partial charge is 0.382 e. The summed E-state index contributed by atoms with van der Waals surface area (Å²) in [6, 6.07) is 8.62. The Hall–Kier alpha value is -2.88. The minimum Gasteiger partial charge on any atom is -0.382 e. The summed E-state index contributed by atoms with van der Waals surface area (Å²) in [4.78, 5) is 14.3. The summed E-state index contributed by atoms with van der Waals surface area (Å²) < 4.78 is 0. The molecule has 2 rings (SSSR count). The second-order valence-corrected chi connectivity index (χ2v) is 5.03. The smallest absolute Gasteiger partial charge is 0.253 e. The molecule has 0 unspecified atom stereocenters. The molecule has 7 heteroatoms. The van der Waals surface area contributed by atoms with Crippen molar-refractivity contribution in [2.45, 2.75) is 19.3 Å². The van der Waals surface area contributed by atoms with E-state index in [9.17, 15) is 4.79 Å². The van der Waals surface area contributed by atoms with Crippen molar-refractivity contribution in [1.82, 2.24) is 4.90 Å². The number of hydrogen-bond acceptors (Lipinski definition) is 5. The van der Waals surface area contributed by atoms with Gasteiger partial charge in [0.25, 0.3) is 5.91 Å². The molecule has 1 aromatic rings. The molecule has 0 aromatic heterocycles. The van der Waals surface area contributed by atoms with Crippen molar-refractivity contribution in [3.63, 3.8) is 0 Å². The molecule has 1 aromatic carbocycles. The first-order valence-corrected chi connectivity index (χ1v) is 7.09. The number of amidine groups is 1. The zero-order chi connectivity index (χ0) is 15.9. The monoisotopic (exact) mass is 298 g/mol. The molecule has 114 valence electrons. The highest BCUT2D eigenvalue weighted by molar-refractivity contribution is 6.45. The van der Waals surface area contributed by atoms with Crippen molar-refractivity contribution >= 4 is 23.1 Å². The molecule has 4 N–H and O–H groups in total. The number of hydrogen-bond donors (Lipinski definition) is 3. The van der Waals surface area contributed by atoms with Gasteiger partial charge in [0.15, 0.2) is 5.84 Å². The number of carbonyl (C=O) groups excluding carboxylic acids is 1. The van der Waals surface area contributed by atoms with Gasteiger partial charge in [0, 0.05) is 18.7 Å². The predicted molar refractivity (Wildman–Crippen MR) is 84.8 cm³/mol. The van der Waals surface area contributed by atoms with Gasteiger partial charge in [-0.1, -0.05) is 6.07 Å². The van der Waals surface area contributed by atoms with Gasteiger partial charge in [0.2, 0.25) is 5.71 Å². The molecule has 1 fully saturated rings. The van der Waals surface area contributed by atoms with E-state index in [1.54, 1.807) is 30.3 Å². The molecule has 0 saturated carbocycles. The molecule has 1 amide bonds. The zero-order valence-corrected chi connectivity index (χ0v) is 12.2. The van der Waals surface area contributed by atoms with E-state index in [0.717, 1.165) is 25.9 Å². The highest BCUT2D eigenvalue weighted by Crippen LogP contribution is 2.16. The van der Waals surface area contributed by atoms with E-state index in [1.165, 1.54) is 6.42 Å². The van der Waals surface area contributed by atoms with Crippen molar-refractivity contribution in [3.8, 4) is 6.07 Å². The fraction of sp³-hybridized carbons (Fsp3) is 0.333. The molecule has 1 heterocycles. The van der Waals surface area contributed by atoms with Gasteiger partial charge >= 0.3 is 0 Å². The van der Waals surface area contributed by atoms with Gasteiger partial charge in [-0.15, -0.1) is 0 Å². The van der Waals surface area contributed by atoms with Crippen LogP contribution in [0, 0.1) is 16.7 Å². The number of anilines is 1. The number of hydrazone groups is 1. The first kappa shape index (κ1) is 15.5. The molecular formula is C15H18N6O. The van der Waals surface area contributed by atoms with Crippen molar-refractivity contribution in [2.75, 3.05) is 18.5 Å². The number of benzene rings is 1. The second kappa shape index (κ2) is 7.22. The van der Waals surface area contributed by atoms with Crippen LogP contribution in [-0.2, 0) is 0 Å². The minimum absolute atomic E-state index is 0.000552. The highest BCUT2D eigenvalue weighted by Gasteiger charge is 2.18. The maximum Gasteiger partial charge on any atom is 0.253 e. The summed E-state index contributed by atoms with van der Waals surface area (Å²) in [5.74, 6) is -0.407. The number of nitrogens with two attached hydrogens (primary N) is 1. The number of nitrogens with one attached hydrogen (secondary N) is 2. The molecule has 0 spiro atoms. The third-order valence-corrected chi connectivity index (χ3v) is 3.41. The molecule has 7 nitrogen and oxygen atoms in total. The van der Waals surface area contributed by atoms with Crippen LogP contribution >= 0.6 is 0 Å². The minimum atomic E-state index is -0.407. The first-order valence-electron chi connectivity index (χ1n) is 7.09. The number of piperidine rings is 1. The standard InChI is InChI=1S/C15H18N6O/c16-10-13(14(17)18)20-19-12-6-4-5-11(9-12)15(22)21-7-2-1-3-8-21/h4-6,9,19H,1-3,7-8H2,(H3,17,18)/b20-13+. The molecule has 0 bridgehead atoms. The number of nitriles is 1. The Morgan fingerprint density at radius 3 is 2.73 bits per heavy atom. The average molecular weight is 298 g/mol. The summed E-state index contributed by atoms with van der Waals surface area (Å²) in [5.41, 5.74) is 8.80. The normalized spacial score (nSPS) is 15.0. The Balaban J connectivity index is 2.11. The Morgan fingerprint density at radius 2 is 2.09 bits per heavy atom. The lowest BCUT2D eigenvalue weighted by molar-refractivity contribution is 0.0724. The fourth-order valence-electron chi connectivity index (χ4n) is 2.27. The lowest BCUT2D eigenvalue weighted by atomic mass is 10.1. The van der Waals surface area contributed by atoms with Gasteiger partial charge < -0.3 is 10.6 Å². The second-order valence-electron chi connectivity index (χ2n) is 5.03. The number of amides is 1. The fourth-order valence-corrected chi connectivity index (χ4v) is 2.27. The quantitative estimate of drug-likeness (QED) is 0.444. The van der Waals surface area contributed by atoms with Crippen molar-refractivity contribution in [3.05, 3.63) is 29.8 Å². The van der Waals surface area contributed by atoms with E-state index in [4.69, 9.17) is 16.4 Å². The van der Waals surface area contributed by atoms with Gasteiger partial charge in [0.1, 0.15) is 6.07 Å². The van der Waals surface area contributed by atoms with E-state index >= 15 is 0 Å². The van der Waals surface area contributed by atoms with Gasteiger partial charge in [-0.3, -0.25) is 15.6 Å². The van der Waals surface area contributed by atoms with E-state index in [0.29, 0.717) is 11.3 Å². The Bertz CT molecular complexity index is 640. The van der Waals surface area contributed by atoms with E-state index in [-0.39, 0.29) is 11.6 Å². The predicted octanol–water partition coefficient (Wildman–Crippen LogP) is 1.54. The molecule has 0 radical (unpaired) electrons. The summed E-state index contributed by atoms with van der Waals surface area (Å²) in [6.45, 7) is 1.58. The van der Waals surface area contributed by atoms with Gasteiger partial charge in [-0.25, -0.2) is 0 Å². The summed E-state index contributed by atoms with van der Waals surface area (Å²) in [6.07, 6.45) is 3.25. The van der Waals surface area contributed by atoms with Gasteiger partial charge in [-0.2, -0.15) is 10.4 Å². The van der Waals surface area contributed by atoms with Crippen LogP contribution < -0.4 is 11.2 Å². The Kier molecular flexibility index (Phi) is 5.09. The van der Waals surface area contributed by atoms with E-state index < -0.39 is 5.84 Å². The molecule has 0 atom stereocenters.